The van der Waals surface area contributed by atoms with Gasteiger partial charge in [-0.1, -0.05) is 20.3 Å². The molecule has 20 heavy (non-hydrogen) atoms. The summed E-state index contributed by atoms with van der Waals surface area (Å²) in [4.78, 5) is 4.15. The monoisotopic (exact) mass is 277 g/mol. The Bertz CT molecular complexity index is 514. The smallest absolute Gasteiger partial charge is 0.221 e. The molecule has 1 heterocycles. The van der Waals surface area contributed by atoms with E-state index < -0.39 is 0 Å². The SMILES string of the molecule is CCC.COCCOc1ccc2c(OC)nccc2c1. The zero-order valence-corrected chi connectivity index (χ0v) is 12.7. The molecule has 0 fully saturated rings. The van der Waals surface area contributed by atoms with Crippen LogP contribution in [-0.4, -0.2) is 32.4 Å². The molecule has 2 rings (SSSR count). The molecule has 0 radical (unpaired) electrons. The lowest BCUT2D eigenvalue weighted by molar-refractivity contribution is 0.146. The molecule has 0 bridgehead atoms. The van der Waals surface area contributed by atoms with Gasteiger partial charge < -0.3 is 14.2 Å². The van der Waals surface area contributed by atoms with Crippen molar-refractivity contribution in [1.29, 1.82) is 0 Å². The predicted octanol–water partition coefficient (Wildman–Crippen LogP) is 3.68. The molecule has 0 saturated carbocycles. The first-order valence-electron chi connectivity index (χ1n) is 6.81. The van der Waals surface area contributed by atoms with E-state index >= 15 is 0 Å². The average Bonchev–Trinajstić information content (AvgIpc) is 2.47. The van der Waals surface area contributed by atoms with E-state index in [1.54, 1.807) is 20.4 Å². The van der Waals surface area contributed by atoms with Gasteiger partial charge in [0.15, 0.2) is 0 Å². The molecule has 0 unspecified atom stereocenters. The minimum Gasteiger partial charge on any atom is -0.491 e. The van der Waals surface area contributed by atoms with E-state index in [0.717, 1.165) is 16.5 Å². The van der Waals surface area contributed by atoms with Crippen LogP contribution in [0.4, 0.5) is 0 Å². The van der Waals surface area contributed by atoms with Crippen molar-refractivity contribution < 1.29 is 14.2 Å². The summed E-state index contributed by atoms with van der Waals surface area (Å²) >= 11 is 0. The van der Waals surface area contributed by atoms with Gasteiger partial charge >= 0.3 is 0 Å². The van der Waals surface area contributed by atoms with Crippen LogP contribution in [0.3, 0.4) is 0 Å². The molecule has 0 atom stereocenters. The molecule has 0 aliphatic heterocycles. The molecule has 0 amide bonds. The standard InChI is InChI=1S/C13H15NO3.C3H8/c1-15-7-8-17-11-3-4-12-10(9-11)5-6-14-13(12)16-2;1-3-2/h3-6,9H,7-8H2,1-2H3;3H2,1-2H3. The van der Waals surface area contributed by atoms with Crippen molar-refractivity contribution >= 4 is 10.8 Å². The molecular formula is C16H23NO3. The van der Waals surface area contributed by atoms with Crippen LogP contribution in [-0.2, 0) is 4.74 Å². The van der Waals surface area contributed by atoms with Crippen molar-refractivity contribution in [1.82, 2.24) is 4.98 Å². The lowest BCUT2D eigenvalue weighted by Crippen LogP contribution is -2.04. The second-order valence-corrected chi connectivity index (χ2v) is 4.25. The van der Waals surface area contributed by atoms with E-state index in [1.165, 1.54) is 6.42 Å². The molecule has 4 nitrogen and oxygen atoms in total. The molecule has 0 N–H and O–H groups in total. The predicted molar refractivity (Wildman–Crippen MR) is 81.6 cm³/mol. The summed E-state index contributed by atoms with van der Waals surface area (Å²) in [6.07, 6.45) is 2.97. The third kappa shape index (κ3) is 4.70. The maximum absolute atomic E-state index is 5.54. The van der Waals surface area contributed by atoms with Crippen molar-refractivity contribution in [3.63, 3.8) is 0 Å². The van der Waals surface area contributed by atoms with E-state index in [2.05, 4.69) is 18.8 Å². The number of hydrogen-bond donors (Lipinski definition) is 0. The van der Waals surface area contributed by atoms with E-state index in [1.807, 2.05) is 24.3 Å². The summed E-state index contributed by atoms with van der Waals surface area (Å²) in [6, 6.07) is 7.75. The van der Waals surface area contributed by atoms with Crippen LogP contribution in [0, 0.1) is 0 Å². The first-order valence-corrected chi connectivity index (χ1v) is 6.81. The number of pyridine rings is 1. The number of rotatable bonds is 5. The van der Waals surface area contributed by atoms with Crippen LogP contribution in [0.15, 0.2) is 30.5 Å². The summed E-state index contributed by atoms with van der Waals surface area (Å²) in [5, 5.41) is 2.03. The average molecular weight is 277 g/mol. The van der Waals surface area contributed by atoms with Gasteiger partial charge in [0.25, 0.3) is 0 Å². The fraction of sp³-hybridized carbons (Fsp3) is 0.438. The second kappa shape index (κ2) is 9.15. The second-order valence-electron chi connectivity index (χ2n) is 4.25. The Kier molecular flexibility index (Phi) is 7.43. The molecular weight excluding hydrogens is 254 g/mol. The Morgan fingerprint density at radius 3 is 2.45 bits per heavy atom. The quantitative estimate of drug-likeness (QED) is 0.782. The van der Waals surface area contributed by atoms with E-state index in [9.17, 15) is 0 Å². The number of aromatic nitrogens is 1. The number of ether oxygens (including phenoxy) is 3. The first kappa shape index (κ1) is 16.2. The van der Waals surface area contributed by atoms with Gasteiger partial charge in [-0.3, -0.25) is 0 Å². The van der Waals surface area contributed by atoms with Gasteiger partial charge in [-0.25, -0.2) is 4.98 Å². The number of methoxy groups -OCH3 is 2. The highest BCUT2D eigenvalue weighted by Gasteiger charge is 2.03. The highest BCUT2D eigenvalue weighted by atomic mass is 16.5. The molecule has 0 aliphatic rings. The number of fused-ring (bicyclic) bond motifs is 1. The Morgan fingerprint density at radius 2 is 1.80 bits per heavy atom. The summed E-state index contributed by atoms with van der Waals surface area (Å²) in [7, 11) is 3.27. The van der Waals surface area contributed by atoms with Crippen molar-refractivity contribution in [2.24, 2.45) is 0 Å². The fourth-order valence-electron chi connectivity index (χ4n) is 1.62. The molecule has 0 saturated heterocycles. The minimum atomic E-state index is 0.546. The van der Waals surface area contributed by atoms with E-state index in [0.29, 0.717) is 19.1 Å². The van der Waals surface area contributed by atoms with Gasteiger partial charge in [-0.05, 0) is 29.7 Å². The third-order valence-electron chi connectivity index (χ3n) is 2.45. The van der Waals surface area contributed by atoms with Crippen LogP contribution >= 0.6 is 0 Å². The molecule has 2 aromatic rings. The highest BCUT2D eigenvalue weighted by molar-refractivity contribution is 5.87. The summed E-state index contributed by atoms with van der Waals surface area (Å²) < 4.78 is 15.7. The molecule has 1 aromatic carbocycles. The van der Waals surface area contributed by atoms with Gasteiger partial charge in [0.1, 0.15) is 12.4 Å². The van der Waals surface area contributed by atoms with Crippen LogP contribution in [0.5, 0.6) is 11.6 Å². The minimum absolute atomic E-state index is 0.546. The van der Waals surface area contributed by atoms with Crippen LogP contribution in [0.25, 0.3) is 10.8 Å². The molecule has 110 valence electrons. The van der Waals surface area contributed by atoms with Gasteiger partial charge in [0, 0.05) is 18.7 Å². The van der Waals surface area contributed by atoms with Crippen LogP contribution < -0.4 is 9.47 Å². The topological polar surface area (TPSA) is 40.6 Å². The van der Waals surface area contributed by atoms with Crippen molar-refractivity contribution in [2.75, 3.05) is 27.4 Å². The van der Waals surface area contributed by atoms with Crippen molar-refractivity contribution in [3.8, 4) is 11.6 Å². The van der Waals surface area contributed by atoms with Crippen molar-refractivity contribution in [2.45, 2.75) is 20.3 Å². The van der Waals surface area contributed by atoms with Gasteiger partial charge in [0.2, 0.25) is 5.88 Å². The molecule has 1 aromatic heterocycles. The van der Waals surface area contributed by atoms with E-state index in [-0.39, 0.29) is 0 Å². The van der Waals surface area contributed by atoms with Gasteiger partial charge in [0.05, 0.1) is 13.7 Å². The highest BCUT2D eigenvalue weighted by Crippen LogP contribution is 2.26. The zero-order valence-electron chi connectivity index (χ0n) is 12.7. The van der Waals surface area contributed by atoms with E-state index in [4.69, 9.17) is 14.2 Å². The lowest BCUT2D eigenvalue weighted by atomic mass is 10.1. The Hall–Kier alpha value is -1.81. The maximum Gasteiger partial charge on any atom is 0.221 e. The van der Waals surface area contributed by atoms with Crippen molar-refractivity contribution in [3.05, 3.63) is 30.5 Å². The summed E-state index contributed by atoms with van der Waals surface area (Å²) in [6.45, 7) is 5.38. The molecule has 0 aliphatic carbocycles. The Balaban J connectivity index is 0.000000612. The fourth-order valence-corrected chi connectivity index (χ4v) is 1.62. The van der Waals surface area contributed by atoms with Crippen LogP contribution in [0.1, 0.15) is 20.3 Å². The largest absolute Gasteiger partial charge is 0.491 e. The number of nitrogens with zero attached hydrogens (tertiary/aromatic N) is 1. The molecule has 0 spiro atoms. The first-order chi connectivity index (χ1) is 9.76. The normalized spacial score (nSPS) is 9.80. The summed E-state index contributed by atoms with van der Waals surface area (Å²) in [5.41, 5.74) is 0. The Labute approximate surface area is 120 Å². The number of hydrogen-bond acceptors (Lipinski definition) is 4. The molecule has 4 heteroatoms. The zero-order chi connectivity index (χ0) is 14.8. The third-order valence-corrected chi connectivity index (χ3v) is 2.45. The number of benzene rings is 1. The maximum atomic E-state index is 5.54. The van der Waals surface area contributed by atoms with Crippen LogP contribution in [0.2, 0.25) is 0 Å². The lowest BCUT2D eigenvalue weighted by Gasteiger charge is -2.08. The summed E-state index contributed by atoms with van der Waals surface area (Å²) in [5.74, 6) is 1.45. The Morgan fingerprint density at radius 1 is 1.05 bits per heavy atom. The van der Waals surface area contributed by atoms with Gasteiger partial charge in [-0.15, -0.1) is 0 Å². The van der Waals surface area contributed by atoms with Gasteiger partial charge in [-0.2, -0.15) is 0 Å².